The van der Waals surface area contributed by atoms with Crippen molar-refractivity contribution in [2.24, 2.45) is 0 Å². The van der Waals surface area contributed by atoms with Crippen molar-refractivity contribution in [3.8, 4) is 0 Å². The topological polar surface area (TPSA) is 75.4 Å². The minimum atomic E-state index is -0.406. The molecule has 2 aromatic rings. The first-order valence-corrected chi connectivity index (χ1v) is 6.86. The largest absolute Gasteiger partial charge is 0.362 e. The van der Waals surface area contributed by atoms with Gasteiger partial charge in [0.2, 0.25) is 5.95 Å². The average molecular weight is 289 g/mol. The van der Waals surface area contributed by atoms with E-state index in [1.165, 1.54) is 12.1 Å². The Balaban J connectivity index is 2.69. The molecule has 0 aliphatic heterocycles. The van der Waals surface area contributed by atoms with Crippen molar-refractivity contribution >= 4 is 28.4 Å². The van der Waals surface area contributed by atoms with Crippen LogP contribution in [0.25, 0.3) is 10.9 Å². The van der Waals surface area contributed by atoms with Crippen LogP contribution in [0.5, 0.6) is 0 Å². The highest BCUT2D eigenvalue weighted by atomic mass is 16.6. The van der Waals surface area contributed by atoms with Gasteiger partial charge in [-0.05, 0) is 19.9 Å². The second-order valence-corrected chi connectivity index (χ2v) is 4.87. The Labute approximate surface area is 123 Å². The van der Waals surface area contributed by atoms with Crippen molar-refractivity contribution in [3.63, 3.8) is 0 Å². The molecule has 0 amide bonds. The fourth-order valence-electron chi connectivity index (χ4n) is 2.19. The predicted molar refractivity (Wildman–Crippen MR) is 84.1 cm³/mol. The molecule has 0 fully saturated rings. The Bertz CT molecular complexity index is 668. The number of aromatic nitrogens is 2. The highest BCUT2D eigenvalue weighted by molar-refractivity contribution is 5.92. The van der Waals surface area contributed by atoms with Gasteiger partial charge in [0.25, 0.3) is 5.69 Å². The number of nitrogens with zero attached hydrogens (tertiary/aromatic N) is 5. The van der Waals surface area contributed by atoms with Crippen LogP contribution in [-0.2, 0) is 0 Å². The van der Waals surface area contributed by atoms with E-state index in [1.54, 1.807) is 6.07 Å². The lowest BCUT2D eigenvalue weighted by molar-refractivity contribution is -0.384. The second-order valence-electron chi connectivity index (χ2n) is 4.87. The van der Waals surface area contributed by atoms with Crippen LogP contribution in [0.2, 0.25) is 0 Å². The van der Waals surface area contributed by atoms with Gasteiger partial charge >= 0.3 is 0 Å². The number of hydrogen-bond acceptors (Lipinski definition) is 6. The molecule has 7 nitrogen and oxygen atoms in total. The maximum Gasteiger partial charge on any atom is 0.270 e. The Morgan fingerprint density at radius 1 is 1.19 bits per heavy atom. The van der Waals surface area contributed by atoms with Gasteiger partial charge in [0.1, 0.15) is 5.82 Å². The zero-order valence-corrected chi connectivity index (χ0v) is 12.7. The SMILES string of the molecule is CCN(CC)c1nc(N(C)C)c2cc([N+](=O)[O-])ccc2n1. The van der Waals surface area contributed by atoms with E-state index in [1.807, 2.05) is 37.7 Å². The Morgan fingerprint density at radius 2 is 1.86 bits per heavy atom. The van der Waals surface area contributed by atoms with Crippen LogP contribution in [0.4, 0.5) is 17.5 Å². The van der Waals surface area contributed by atoms with Crippen LogP contribution in [-0.4, -0.2) is 42.1 Å². The first-order chi connectivity index (χ1) is 9.97. The Morgan fingerprint density at radius 3 is 2.38 bits per heavy atom. The molecule has 0 N–H and O–H groups in total. The van der Waals surface area contributed by atoms with Crippen molar-refractivity contribution in [2.75, 3.05) is 37.0 Å². The summed E-state index contributed by atoms with van der Waals surface area (Å²) in [6.45, 7) is 5.70. The van der Waals surface area contributed by atoms with Gasteiger partial charge in [0, 0.05) is 44.7 Å². The van der Waals surface area contributed by atoms with Crippen LogP contribution >= 0.6 is 0 Å². The van der Waals surface area contributed by atoms with Gasteiger partial charge in [0.15, 0.2) is 0 Å². The number of fused-ring (bicyclic) bond motifs is 1. The molecule has 1 aromatic carbocycles. The molecule has 0 aliphatic rings. The summed E-state index contributed by atoms with van der Waals surface area (Å²) in [5.74, 6) is 1.33. The number of nitro groups is 1. The van der Waals surface area contributed by atoms with Gasteiger partial charge < -0.3 is 9.80 Å². The number of nitro benzene ring substituents is 1. The fourth-order valence-corrected chi connectivity index (χ4v) is 2.19. The maximum atomic E-state index is 10.9. The minimum absolute atomic E-state index is 0.0461. The number of anilines is 2. The van der Waals surface area contributed by atoms with E-state index < -0.39 is 4.92 Å². The molecule has 0 aliphatic carbocycles. The lowest BCUT2D eigenvalue weighted by Crippen LogP contribution is -2.25. The Kier molecular flexibility index (Phi) is 4.21. The molecule has 112 valence electrons. The summed E-state index contributed by atoms with van der Waals surface area (Å²) < 4.78 is 0. The Hall–Kier alpha value is -2.44. The van der Waals surface area contributed by atoms with Gasteiger partial charge in [-0.25, -0.2) is 4.98 Å². The third-order valence-corrected chi connectivity index (χ3v) is 3.33. The van der Waals surface area contributed by atoms with Crippen molar-refractivity contribution in [1.29, 1.82) is 0 Å². The minimum Gasteiger partial charge on any atom is -0.362 e. The van der Waals surface area contributed by atoms with E-state index in [0.717, 1.165) is 13.1 Å². The van der Waals surface area contributed by atoms with Crippen molar-refractivity contribution in [1.82, 2.24) is 9.97 Å². The quantitative estimate of drug-likeness (QED) is 0.621. The lowest BCUT2D eigenvalue weighted by Gasteiger charge is -2.22. The van der Waals surface area contributed by atoms with Crippen LogP contribution in [0.1, 0.15) is 13.8 Å². The predicted octanol–water partition coefficient (Wildman–Crippen LogP) is 2.45. The fraction of sp³-hybridized carbons (Fsp3) is 0.429. The molecule has 0 radical (unpaired) electrons. The van der Waals surface area contributed by atoms with Crippen LogP contribution in [0.15, 0.2) is 18.2 Å². The van der Waals surface area contributed by atoms with E-state index in [-0.39, 0.29) is 5.69 Å². The van der Waals surface area contributed by atoms with E-state index in [9.17, 15) is 10.1 Å². The maximum absolute atomic E-state index is 10.9. The molecule has 7 heteroatoms. The molecule has 21 heavy (non-hydrogen) atoms. The van der Waals surface area contributed by atoms with Crippen molar-refractivity contribution in [3.05, 3.63) is 28.3 Å². The molecule has 2 rings (SSSR count). The lowest BCUT2D eigenvalue weighted by atomic mass is 10.2. The average Bonchev–Trinajstić information content (AvgIpc) is 2.46. The standard InChI is InChI=1S/C14H19N5O2/c1-5-18(6-2)14-15-12-8-7-10(19(20)21)9-11(12)13(16-14)17(3)4/h7-9H,5-6H2,1-4H3. The highest BCUT2D eigenvalue weighted by Crippen LogP contribution is 2.28. The molecule has 0 spiro atoms. The molecular formula is C14H19N5O2. The zero-order chi connectivity index (χ0) is 15.6. The highest BCUT2D eigenvalue weighted by Gasteiger charge is 2.16. The summed E-state index contributed by atoms with van der Waals surface area (Å²) in [7, 11) is 3.74. The van der Waals surface area contributed by atoms with Gasteiger partial charge in [-0.1, -0.05) is 0 Å². The normalized spacial score (nSPS) is 10.7. The third-order valence-electron chi connectivity index (χ3n) is 3.33. The molecule has 0 atom stereocenters. The van der Waals surface area contributed by atoms with Gasteiger partial charge in [-0.2, -0.15) is 4.98 Å². The first kappa shape index (κ1) is 15.0. The van der Waals surface area contributed by atoms with Gasteiger partial charge in [-0.3, -0.25) is 10.1 Å². The summed E-state index contributed by atoms with van der Waals surface area (Å²) in [5.41, 5.74) is 0.756. The number of non-ortho nitro benzene ring substituents is 1. The van der Waals surface area contributed by atoms with Crippen molar-refractivity contribution in [2.45, 2.75) is 13.8 Å². The van der Waals surface area contributed by atoms with Gasteiger partial charge in [-0.15, -0.1) is 0 Å². The molecule has 0 bridgehead atoms. The summed E-state index contributed by atoms with van der Waals surface area (Å²) in [6.07, 6.45) is 0. The first-order valence-electron chi connectivity index (χ1n) is 6.86. The van der Waals surface area contributed by atoms with E-state index >= 15 is 0 Å². The van der Waals surface area contributed by atoms with E-state index in [4.69, 9.17) is 0 Å². The molecule has 0 saturated heterocycles. The number of benzene rings is 1. The summed E-state index contributed by atoms with van der Waals surface area (Å²) >= 11 is 0. The smallest absolute Gasteiger partial charge is 0.270 e. The zero-order valence-electron chi connectivity index (χ0n) is 12.7. The van der Waals surface area contributed by atoms with E-state index in [2.05, 4.69) is 9.97 Å². The second kappa shape index (κ2) is 5.90. The van der Waals surface area contributed by atoms with Crippen LogP contribution in [0, 0.1) is 10.1 Å². The molecule has 0 saturated carbocycles. The summed E-state index contributed by atoms with van der Waals surface area (Å²) in [4.78, 5) is 23.5. The van der Waals surface area contributed by atoms with Crippen LogP contribution < -0.4 is 9.80 Å². The van der Waals surface area contributed by atoms with Crippen molar-refractivity contribution < 1.29 is 4.92 Å². The molecule has 1 aromatic heterocycles. The summed E-state index contributed by atoms with van der Waals surface area (Å²) in [6, 6.07) is 4.67. The number of rotatable bonds is 5. The molecule has 0 unspecified atom stereocenters. The monoisotopic (exact) mass is 289 g/mol. The third kappa shape index (κ3) is 2.86. The summed E-state index contributed by atoms with van der Waals surface area (Å²) in [5, 5.41) is 11.6. The molecule has 1 heterocycles. The molecular weight excluding hydrogens is 270 g/mol. The van der Waals surface area contributed by atoms with Gasteiger partial charge in [0.05, 0.1) is 10.4 Å². The van der Waals surface area contributed by atoms with E-state index in [0.29, 0.717) is 22.7 Å². The van der Waals surface area contributed by atoms with Crippen LogP contribution in [0.3, 0.4) is 0 Å². The number of hydrogen-bond donors (Lipinski definition) is 0.